The molecule has 1 amide bonds. The Morgan fingerprint density at radius 3 is 2.52 bits per heavy atom. The summed E-state index contributed by atoms with van der Waals surface area (Å²) in [6.45, 7) is 5.73. The summed E-state index contributed by atoms with van der Waals surface area (Å²) in [6.07, 6.45) is 0. The van der Waals surface area contributed by atoms with Crippen molar-refractivity contribution in [1.82, 2.24) is 9.97 Å². The molecule has 0 saturated carbocycles. The second-order valence-corrected chi connectivity index (χ2v) is 6.66. The number of nitrogens with one attached hydrogen (secondary N) is 2. The van der Waals surface area contributed by atoms with E-state index in [0.717, 1.165) is 16.8 Å². The maximum atomic E-state index is 12.7. The average molecular weight is 390 g/mol. The molecule has 0 fully saturated rings. The molecule has 0 aliphatic heterocycles. The molecule has 0 aliphatic rings. The Kier molecular flexibility index (Phi) is 5.87. The van der Waals surface area contributed by atoms with E-state index in [1.807, 2.05) is 32.0 Å². The lowest BCUT2D eigenvalue weighted by Gasteiger charge is -2.12. The van der Waals surface area contributed by atoms with Crippen LogP contribution in [0.15, 0.2) is 48.5 Å². The van der Waals surface area contributed by atoms with E-state index in [1.54, 1.807) is 37.3 Å². The van der Waals surface area contributed by atoms with Gasteiger partial charge in [-0.05, 0) is 56.2 Å². The van der Waals surface area contributed by atoms with Crippen molar-refractivity contribution in [2.45, 2.75) is 20.8 Å². The molecule has 7 nitrogen and oxygen atoms in total. The predicted molar refractivity (Wildman–Crippen MR) is 112 cm³/mol. The number of carbonyl (C=O) groups is 2. The summed E-state index contributed by atoms with van der Waals surface area (Å²) in [4.78, 5) is 33.0. The lowest BCUT2D eigenvalue weighted by molar-refractivity contribution is 0.0600. The minimum absolute atomic E-state index is 0.216. The number of aromatic nitrogens is 2. The molecule has 3 aromatic rings. The molecule has 0 radical (unpaired) electrons. The number of benzene rings is 2. The fraction of sp³-hybridized carbons (Fsp3) is 0.182. The Hall–Kier alpha value is -3.74. The van der Waals surface area contributed by atoms with Gasteiger partial charge in [0.25, 0.3) is 5.91 Å². The van der Waals surface area contributed by atoms with Gasteiger partial charge in [-0.3, -0.25) is 4.79 Å². The largest absolute Gasteiger partial charge is 0.465 e. The molecular formula is C22H22N4O3. The van der Waals surface area contributed by atoms with Gasteiger partial charge in [0.1, 0.15) is 17.3 Å². The van der Waals surface area contributed by atoms with Crippen molar-refractivity contribution in [3.8, 4) is 0 Å². The summed E-state index contributed by atoms with van der Waals surface area (Å²) < 4.78 is 4.71. The number of anilines is 3. The predicted octanol–water partition coefficient (Wildman–Crippen LogP) is 4.18. The Morgan fingerprint density at radius 2 is 1.76 bits per heavy atom. The van der Waals surface area contributed by atoms with Crippen LogP contribution in [0.5, 0.6) is 0 Å². The zero-order chi connectivity index (χ0) is 21.0. The summed E-state index contributed by atoms with van der Waals surface area (Å²) in [7, 11) is 1.31. The zero-order valence-corrected chi connectivity index (χ0v) is 16.7. The van der Waals surface area contributed by atoms with Crippen LogP contribution < -0.4 is 10.6 Å². The molecule has 0 bridgehead atoms. The van der Waals surface area contributed by atoms with Crippen molar-refractivity contribution in [1.29, 1.82) is 0 Å². The molecule has 0 spiro atoms. The fourth-order valence-electron chi connectivity index (χ4n) is 2.79. The summed E-state index contributed by atoms with van der Waals surface area (Å²) in [6, 6.07) is 14.2. The van der Waals surface area contributed by atoms with Gasteiger partial charge in [-0.15, -0.1) is 0 Å². The third kappa shape index (κ3) is 4.95. The van der Waals surface area contributed by atoms with Crippen molar-refractivity contribution in [2.24, 2.45) is 0 Å². The van der Waals surface area contributed by atoms with Gasteiger partial charge < -0.3 is 15.4 Å². The number of hydrogen-bond acceptors (Lipinski definition) is 6. The maximum absolute atomic E-state index is 12.7. The van der Waals surface area contributed by atoms with Gasteiger partial charge >= 0.3 is 5.97 Å². The van der Waals surface area contributed by atoms with E-state index in [-0.39, 0.29) is 5.69 Å². The number of aryl methyl sites for hydroxylation is 3. The lowest BCUT2D eigenvalue weighted by Crippen LogP contribution is -2.16. The molecule has 0 unspecified atom stereocenters. The van der Waals surface area contributed by atoms with Crippen LogP contribution in [0.4, 0.5) is 17.2 Å². The first-order valence-corrected chi connectivity index (χ1v) is 9.05. The van der Waals surface area contributed by atoms with Crippen LogP contribution in [0.25, 0.3) is 0 Å². The minimum Gasteiger partial charge on any atom is -0.465 e. The first-order valence-electron chi connectivity index (χ1n) is 9.05. The van der Waals surface area contributed by atoms with Gasteiger partial charge in [0.15, 0.2) is 0 Å². The van der Waals surface area contributed by atoms with E-state index >= 15 is 0 Å². The number of hydrogen-bond donors (Lipinski definition) is 2. The van der Waals surface area contributed by atoms with Gasteiger partial charge in [-0.2, -0.15) is 0 Å². The molecule has 2 N–H and O–H groups in total. The highest BCUT2D eigenvalue weighted by atomic mass is 16.5. The zero-order valence-electron chi connectivity index (χ0n) is 16.7. The molecule has 0 aliphatic carbocycles. The molecule has 0 atom stereocenters. The van der Waals surface area contributed by atoms with E-state index in [9.17, 15) is 9.59 Å². The van der Waals surface area contributed by atoms with Crippen LogP contribution in [-0.4, -0.2) is 29.0 Å². The van der Waals surface area contributed by atoms with Crippen LogP contribution in [0.2, 0.25) is 0 Å². The number of carbonyl (C=O) groups excluding carboxylic acids is 2. The van der Waals surface area contributed by atoms with E-state index < -0.39 is 11.9 Å². The van der Waals surface area contributed by atoms with Crippen molar-refractivity contribution >= 4 is 29.1 Å². The lowest BCUT2D eigenvalue weighted by atomic mass is 10.1. The van der Waals surface area contributed by atoms with E-state index in [2.05, 4.69) is 20.6 Å². The molecule has 2 aromatic carbocycles. The molecule has 0 saturated heterocycles. The molecule has 1 heterocycles. The van der Waals surface area contributed by atoms with Crippen molar-refractivity contribution < 1.29 is 14.3 Å². The van der Waals surface area contributed by atoms with Crippen LogP contribution in [0, 0.1) is 20.8 Å². The number of ether oxygens (including phenoxy) is 1. The minimum atomic E-state index is -0.473. The standard InChI is InChI=1S/C22H22N4O3/c1-13-8-9-14(2)18(10-13)26-20-12-19(23-15(3)24-20)21(27)25-17-7-5-6-16(11-17)22(28)29-4/h5-12H,1-4H3,(H,25,27)(H,23,24,26). The number of methoxy groups -OCH3 is 1. The Balaban J connectivity index is 1.83. The van der Waals surface area contributed by atoms with Crippen molar-refractivity contribution in [3.05, 3.63) is 76.7 Å². The Labute approximate surface area is 169 Å². The van der Waals surface area contributed by atoms with Crippen molar-refractivity contribution in [3.63, 3.8) is 0 Å². The summed E-state index contributed by atoms with van der Waals surface area (Å²) in [5.74, 6) is 0.119. The Morgan fingerprint density at radius 1 is 0.966 bits per heavy atom. The molecule has 29 heavy (non-hydrogen) atoms. The average Bonchev–Trinajstić information content (AvgIpc) is 2.70. The highest BCUT2D eigenvalue weighted by Gasteiger charge is 2.13. The first kappa shape index (κ1) is 20.0. The van der Waals surface area contributed by atoms with E-state index in [4.69, 9.17) is 4.74 Å². The monoisotopic (exact) mass is 390 g/mol. The summed E-state index contributed by atoms with van der Waals surface area (Å²) in [5.41, 5.74) is 4.14. The third-order valence-corrected chi connectivity index (χ3v) is 4.27. The quantitative estimate of drug-likeness (QED) is 0.635. The molecular weight excluding hydrogens is 368 g/mol. The first-order chi connectivity index (χ1) is 13.9. The Bertz CT molecular complexity index is 1080. The highest BCUT2D eigenvalue weighted by molar-refractivity contribution is 6.04. The second kappa shape index (κ2) is 8.52. The van der Waals surface area contributed by atoms with E-state index in [0.29, 0.717) is 22.9 Å². The molecule has 148 valence electrons. The fourth-order valence-corrected chi connectivity index (χ4v) is 2.79. The molecule has 3 rings (SSSR count). The van der Waals surface area contributed by atoms with Gasteiger partial charge in [-0.25, -0.2) is 14.8 Å². The SMILES string of the molecule is COC(=O)c1cccc(NC(=O)c2cc(Nc3cc(C)ccc3C)nc(C)n2)c1. The van der Waals surface area contributed by atoms with Crippen molar-refractivity contribution in [2.75, 3.05) is 17.7 Å². The van der Waals surface area contributed by atoms with Gasteiger partial charge in [0, 0.05) is 17.4 Å². The smallest absolute Gasteiger partial charge is 0.337 e. The maximum Gasteiger partial charge on any atom is 0.337 e. The number of rotatable bonds is 5. The second-order valence-electron chi connectivity index (χ2n) is 6.66. The number of amides is 1. The summed E-state index contributed by atoms with van der Waals surface area (Å²) in [5, 5.41) is 6.00. The highest BCUT2D eigenvalue weighted by Crippen LogP contribution is 2.21. The number of esters is 1. The van der Waals surface area contributed by atoms with Crippen LogP contribution in [0.3, 0.4) is 0 Å². The van der Waals surface area contributed by atoms with Crippen LogP contribution in [0.1, 0.15) is 37.8 Å². The topological polar surface area (TPSA) is 93.2 Å². The van der Waals surface area contributed by atoms with Gasteiger partial charge in [0.05, 0.1) is 12.7 Å². The number of nitrogens with zero attached hydrogens (tertiary/aromatic N) is 2. The normalized spacial score (nSPS) is 10.3. The van der Waals surface area contributed by atoms with Crippen LogP contribution >= 0.6 is 0 Å². The molecule has 7 heteroatoms. The van der Waals surface area contributed by atoms with Crippen LogP contribution in [-0.2, 0) is 4.74 Å². The third-order valence-electron chi connectivity index (χ3n) is 4.27. The molecule has 1 aromatic heterocycles. The van der Waals surface area contributed by atoms with Gasteiger partial charge in [0.2, 0.25) is 0 Å². The van der Waals surface area contributed by atoms with Gasteiger partial charge in [-0.1, -0.05) is 18.2 Å². The van der Waals surface area contributed by atoms with E-state index in [1.165, 1.54) is 7.11 Å². The summed E-state index contributed by atoms with van der Waals surface area (Å²) >= 11 is 0.